The molecule has 0 bridgehead atoms. The lowest BCUT2D eigenvalue weighted by molar-refractivity contribution is -0.138. The van der Waals surface area contributed by atoms with Gasteiger partial charge in [-0.25, -0.2) is 4.79 Å². The quantitative estimate of drug-likeness (QED) is 0.866. The Morgan fingerprint density at radius 3 is 2.55 bits per heavy atom. The number of furan rings is 1. The number of nitrogens with one attached hydrogen (secondary N) is 1. The smallest absolute Gasteiger partial charge is 0.323 e. The zero-order valence-electron chi connectivity index (χ0n) is 12.3. The average Bonchev–Trinajstić information content (AvgIpc) is 2.76. The molecule has 0 saturated heterocycles. The zero-order chi connectivity index (χ0) is 15.3. The van der Waals surface area contributed by atoms with Crippen molar-refractivity contribution in [2.75, 3.05) is 6.54 Å². The van der Waals surface area contributed by atoms with Gasteiger partial charge in [-0.1, -0.05) is 0 Å². The van der Waals surface area contributed by atoms with Crippen molar-refractivity contribution in [3.8, 4) is 0 Å². The van der Waals surface area contributed by atoms with E-state index in [-0.39, 0.29) is 18.6 Å². The highest BCUT2D eigenvalue weighted by molar-refractivity contribution is 5.81. The molecule has 0 aliphatic carbocycles. The van der Waals surface area contributed by atoms with Crippen molar-refractivity contribution >= 4 is 12.0 Å². The molecule has 0 radical (unpaired) electrons. The van der Waals surface area contributed by atoms with Crippen LogP contribution in [-0.2, 0) is 11.2 Å². The Balaban J connectivity index is 2.63. The molecule has 1 aromatic rings. The number of carbonyl (C=O) groups excluding carboxylic acids is 1. The summed E-state index contributed by atoms with van der Waals surface area (Å²) in [6, 6.07) is 3.09. The van der Waals surface area contributed by atoms with E-state index in [4.69, 9.17) is 9.52 Å². The standard InChI is InChI=1S/C14H22N2O4/c1-10(8-11-6-5-7-20-11)15-13(19)16(9-12(17)18)14(2,3)4/h5-7,10H,8-9H2,1-4H3,(H,15,19)(H,17,18). The van der Waals surface area contributed by atoms with Gasteiger partial charge in [0, 0.05) is 18.0 Å². The van der Waals surface area contributed by atoms with Gasteiger partial charge in [-0.05, 0) is 39.8 Å². The monoisotopic (exact) mass is 282 g/mol. The molecule has 0 fully saturated rings. The minimum atomic E-state index is -1.03. The van der Waals surface area contributed by atoms with Crippen LogP contribution in [0.2, 0.25) is 0 Å². The molecule has 0 aliphatic heterocycles. The molecule has 1 aromatic heterocycles. The van der Waals surface area contributed by atoms with Crippen LogP contribution in [0.5, 0.6) is 0 Å². The minimum absolute atomic E-state index is 0.146. The Labute approximate surface area is 118 Å². The fraction of sp³-hybridized carbons (Fsp3) is 0.571. The van der Waals surface area contributed by atoms with E-state index in [1.165, 1.54) is 4.90 Å². The molecule has 2 amide bonds. The summed E-state index contributed by atoms with van der Waals surface area (Å²) in [5.74, 6) is -0.257. The average molecular weight is 282 g/mol. The maximum absolute atomic E-state index is 12.2. The van der Waals surface area contributed by atoms with Crippen LogP contribution in [0.1, 0.15) is 33.5 Å². The molecular formula is C14H22N2O4. The van der Waals surface area contributed by atoms with E-state index in [0.29, 0.717) is 6.42 Å². The molecule has 112 valence electrons. The number of carboxylic acids is 1. The molecule has 20 heavy (non-hydrogen) atoms. The van der Waals surface area contributed by atoms with Crippen LogP contribution in [0.4, 0.5) is 4.79 Å². The zero-order valence-corrected chi connectivity index (χ0v) is 12.3. The Hall–Kier alpha value is -1.98. The molecule has 2 N–H and O–H groups in total. The molecule has 6 heteroatoms. The number of carbonyl (C=O) groups is 2. The van der Waals surface area contributed by atoms with Crippen molar-refractivity contribution < 1.29 is 19.1 Å². The molecule has 0 aromatic carbocycles. The van der Waals surface area contributed by atoms with E-state index in [2.05, 4.69) is 5.32 Å². The predicted molar refractivity (Wildman–Crippen MR) is 74.5 cm³/mol. The number of carboxylic acid groups (broad SMARTS) is 1. The molecule has 1 unspecified atom stereocenters. The van der Waals surface area contributed by atoms with Crippen LogP contribution in [-0.4, -0.2) is 40.1 Å². The Morgan fingerprint density at radius 1 is 1.45 bits per heavy atom. The van der Waals surface area contributed by atoms with Crippen molar-refractivity contribution in [1.29, 1.82) is 0 Å². The number of hydrogen-bond donors (Lipinski definition) is 2. The lowest BCUT2D eigenvalue weighted by atomic mass is 10.1. The van der Waals surface area contributed by atoms with Crippen LogP contribution in [0, 0.1) is 0 Å². The molecule has 1 atom stereocenters. The van der Waals surface area contributed by atoms with Crippen LogP contribution >= 0.6 is 0 Å². The summed E-state index contributed by atoms with van der Waals surface area (Å²) in [5, 5.41) is 11.7. The Bertz CT molecular complexity index is 448. The molecule has 1 heterocycles. The predicted octanol–water partition coefficient (Wildman–Crippen LogP) is 2.11. The van der Waals surface area contributed by atoms with Crippen LogP contribution in [0.3, 0.4) is 0 Å². The highest BCUT2D eigenvalue weighted by Crippen LogP contribution is 2.13. The van der Waals surface area contributed by atoms with E-state index in [1.807, 2.05) is 13.0 Å². The van der Waals surface area contributed by atoms with Gasteiger partial charge in [0.1, 0.15) is 12.3 Å². The normalized spacial score (nSPS) is 12.8. The van der Waals surface area contributed by atoms with Crippen molar-refractivity contribution in [2.24, 2.45) is 0 Å². The Kier molecular flexibility index (Phi) is 5.19. The fourth-order valence-electron chi connectivity index (χ4n) is 1.82. The third-order valence-electron chi connectivity index (χ3n) is 2.81. The van der Waals surface area contributed by atoms with E-state index in [9.17, 15) is 9.59 Å². The maximum atomic E-state index is 12.2. The van der Waals surface area contributed by atoms with Gasteiger partial charge < -0.3 is 19.7 Å². The van der Waals surface area contributed by atoms with Gasteiger partial charge in [-0.3, -0.25) is 4.79 Å². The van der Waals surface area contributed by atoms with Gasteiger partial charge in [0.25, 0.3) is 0 Å². The van der Waals surface area contributed by atoms with Crippen LogP contribution < -0.4 is 5.32 Å². The van der Waals surface area contributed by atoms with Gasteiger partial charge in [0.2, 0.25) is 0 Å². The van der Waals surface area contributed by atoms with Crippen molar-refractivity contribution in [1.82, 2.24) is 10.2 Å². The summed E-state index contributed by atoms with van der Waals surface area (Å²) < 4.78 is 5.22. The number of amides is 2. The van der Waals surface area contributed by atoms with Gasteiger partial charge in [0.05, 0.1) is 6.26 Å². The molecular weight excluding hydrogens is 260 g/mol. The number of rotatable bonds is 5. The van der Waals surface area contributed by atoms with E-state index in [1.54, 1.807) is 33.1 Å². The number of hydrogen-bond acceptors (Lipinski definition) is 3. The summed E-state index contributed by atoms with van der Waals surface area (Å²) in [6.07, 6.45) is 2.14. The van der Waals surface area contributed by atoms with E-state index >= 15 is 0 Å². The number of nitrogens with zero attached hydrogens (tertiary/aromatic N) is 1. The SMILES string of the molecule is CC(Cc1ccco1)NC(=O)N(CC(=O)O)C(C)(C)C. The number of urea groups is 1. The van der Waals surface area contributed by atoms with Gasteiger partial charge in [0.15, 0.2) is 0 Å². The molecule has 1 rings (SSSR count). The second-order valence-electron chi connectivity index (χ2n) is 5.78. The minimum Gasteiger partial charge on any atom is -0.480 e. The summed E-state index contributed by atoms with van der Waals surface area (Å²) in [4.78, 5) is 24.4. The largest absolute Gasteiger partial charge is 0.480 e. The van der Waals surface area contributed by atoms with E-state index < -0.39 is 11.5 Å². The summed E-state index contributed by atoms with van der Waals surface area (Å²) in [7, 11) is 0. The molecule has 0 saturated carbocycles. The first-order valence-corrected chi connectivity index (χ1v) is 6.52. The molecule has 0 aliphatic rings. The Morgan fingerprint density at radius 2 is 2.10 bits per heavy atom. The summed E-state index contributed by atoms with van der Waals surface area (Å²) >= 11 is 0. The highest BCUT2D eigenvalue weighted by atomic mass is 16.4. The third-order valence-corrected chi connectivity index (χ3v) is 2.81. The lowest BCUT2D eigenvalue weighted by Gasteiger charge is -2.35. The molecule has 6 nitrogen and oxygen atoms in total. The van der Waals surface area contributed by atoms with Crippen molar-refractivity contribution in [3.63, 3.8) is 0 Å². The van der Waals surface area contributed by atoms with Crippen LogP contribution in [0.25, 0.3) is 0 Å². The van der Waals surface area contributed by atoms with Crippen molar-refractivity contribution in [3.05, 3.63) is 24.2 Å². The topological polar surface area (TPSA) is 82.8 Å². The first-order chi connectivity index (χ1) is 9.20. The highest BCUT2D eigenvalue weighted by Gasteiger charge is 2.29. The van der Waals surface area contributed by atoms with Crippen molar-refractivity contribution in [2.45, 2.75) is 45.7 Å². The van der Waals surface area contributed by atoms with Gasteiger partial charge in [-0.2, -0.15) is 0 Å². The first kappa shape index (κ1) is 16.1. The summed E-state index contributed by atoms with van der Waals surface area (Å²) in [5.41, 5.74) is -0.563. The maximum Gasteiger partial charge on any atom is 0.323 e. The first-order valence-electron chi connectivity index (χ1n) is 6.52. The lowest BCUT2D eigenvalue weighted by Crippen LogP contribution is -2.54. The van der Waals surface area contributed by atoms with Gasteiger partial charge in [-0.15, -0.1) is 0 Å². The molecule has 0 spiro atoms. The summed E-state index contributed by atoms with van der Waals surface area (Å²) in [6.45, 7) is 6.91. The third kappa shape index (κ3) is 4.95. The van der Waals surface area contributed by atoms with Gasteiger partial charge >= 0.3 is 12.0 Å². The fourth-order valence-corrected chi connectivity index (χ4v) is 1.82. The van der Waals surface area contributed by atoms with Crippen LogP contribution in [0.15, 0.2) is 22.8 Å². The van der Waals surface area contributed by atoms with E-state index in [0.717, 1.165) is 5.76 Å². The number of aliphatic carboxylic acids is 1. The second-order valence-corrected chi connectivity index (χ2v) is 5.78. The second kappa shape index (κ2) is 6.45.